The van der Waals surface area contributed by atoms with Gasteiger partial charge in [-0.25, -0.2) is 4.79 Å². The molecule has 6 atom stereocenters. The lowest BCUT2D eigenvalue weighted by Crippen LogP contribution is -2.64. The second-order valence-electron chi connectivity index (χ2n) is 12.0. The minimum atomic E-state index is -1.47. The smallest absolute Gasteiger partial charge is 0.328 e. The third kappa shape index (κ3) is 12.6. The molecule has 0 bridgehead atoms. The maximum absolute atomic E-state index is 13.0. The molecule has 0 radical (unpaired) electrons. The molecule has 1 aliphatic heterocycles. The zero-order valence-electron chi connectivity index (χ0n) is 26.4. The Kier molecular flexibility index (Phi) is 15.9. The normalized spacial score (nSPS) is 26.6. The third-order valence-corrected chi connectivity index (χ3v) is 8.24. The highest BCUT2D eigenvalue weighted by Gasteiger charge is 2.45. The molecule has 3 aliphatic rings. The van der Waals surface area contributed by atoms with Crippen molar-refractivity contribution < 1.29 is 58.2 Å². The SMILES string of the molecule is CC(=O)N[C@@H]1[C@H](OCCNC(=O)/C=C/C(=O)N[C@@H](CCC(=O)OC2CCCCC2)C(=O)OC2CCCCC2)O[C@H](CO)[C@@H](O)[C@@H]1O. The van der Waals surface area contributed by atoms with Gasteiger partial charge in [-0.3, -0.25) is 19.2 Å². The summed E-state index contributed by atoms with van der Waals surface area (Å²) in [6.45, 7) is 0.419. The first-order valence-corrected chi connectivity index (χ1v) is 16.2. The first-order chi connectivity index (χ1) is 22.1. The van der Waals surface area contributed by atoms with Crippen molar-refractivity contribution in [3.63, 3.8) is 0 Å². The van der Waals surface area contributed by atoms with E-state index in [2.05, 4.69) is 16.0 Å². The van der Waals surface area contributed by atoms with Gasteiger partial charge in [-0.05, 0) is 57.8 Å². The van der Waals surface area contributed by atoms with Gasteiger partial charge in [0, 0.05) is 32.0 Å². The molecule has 15 nitrogen and oxygen atoms in total. The molecule has 3 amide bonds. The molecule has 2 saturated carbocycles. The van der Waals surface area contributed by atoms with Crippen LogP contribution in [-0.2, 0) is 42.9 Å². The van der Waals surface area contributed by atoms with Crippen molar-refractivity contribution in [3.05, 3.63) is 12.2 Å². The second kappa shape index (κ2) is 19.5. The Labute approximate surface area is 268 Å². The monoisotopic (exact) mass is 655 g/mol. The number of esters is 2. The van der Waals surface area contributed by atoms with E-state index in [1.165, 1.54) is 6.92 Å². The van der Waals surface area contributed by atoms with E-state index >= 15 is 0 Å². The molecule has 3 rings (SSSR count). The van der Waals surface area contributed by atoms with E-state index in [1.807, 2.05) is 0 Å². The van der Waals surface area contributed by atoms with Gasteiger partial charge in [0.2, 0.25) is 17.7 Å². The fourth-order valence-corrected chi connectivity index (χ4v) is 5.76. The van der Waals surface area contributed by atoms with Crippen LogP contribution in [0, 0.1) is 0 Å². The van der Waals surface area contributed by atoms with Crippen LogP contribution in [0.1, 0.15) is 84.0 Å². The second-order valence-corrected chi connectivity index (χ2v) is 12.0. The predicted octanol–water partition coefficient (Wildman–Crippen LogP) is -0.364. The maximum atomic E-state index is 13.0. The number of carbonyl (C=O) groups excluding carboxylic acids is 5. The quantitative estimate of drug-likeness (QED) is 0.0757. The van der Waals surface area contributed by atoms with Gasteiger partial charge in [-0.2, -0.15) is 0 Å². The summed E-state index contributed by atoms with van der Waals surface area (Å²) in [6, 6.07) is -2.22. The van der Waals surface area contributed by atoms with Gasteiger partial charge < -0.3 is 50.2 Å². The molecule has 260 valence electrons. The van der Waals surface area contributed by atoms with E-state index in [0.29, 0.717) is 0 Å². The maximum Gasteiger partial charge on any atom is 0.328 e. The first kappa shape index (κ1) is 37.3. The Morgan fingerprint density at radius 3 is 2.09 bits per heavy atom. The third-order valence-electron chi connectivity index (χ3n) is 8.24. The van der Waals surface area contributed by atoms with E-state index in [0.717, 1.165) is 76.4 Å². The van der Waals surface area contributed by atoms with Crippen LogP contribution in [0.15, 0.2) is 12.2 Å². The average molecular weight is 656 g/mol. The van der Waals surface area contributed by atoms with Crippen LogP contribution < -0.4 is 16.0 Å². The van der Waals surface area contributed by atoms with Crippen molar-refractivity contribution in [2.24, 2.45) is 0 Å². The van der Waals surface area contributed by atoms with Crippen molar-refractivity contribution in [3.8, 4) is 0 Å². The molecular formula is C31H49N3O12. The number of ether oxygens (including phenoxy) is 4. The topological polar surface area (TPSA) is 219 Å². The minimum absolute atomic E-state index is 0.00813. The van der Waals surface area contributed by atoms with Crippen molar-refractivity contribution in [1.82, 2.24) is 16.0 Å². The molecule has 0 unspecified atom stereocenters. The van der Waals surface area contributed by atoms with Crippen LogP contribution in [0.4, 0.5) is 0 Å². The van der Waals surface area contributed by atoms with Gasteiger partial charge in [0.15, 0.2) is 6.29 Å². The van der Waals surface area contributed by atoms with Crippen molar-refractivity contribution in [1.29, 1.82) is 0 Å². The van der Waals surface area contributed by atoms with E-state index < -0.39 is 73.0 Å². The summed E-state index contributed by atoms with van der Waals surface area (Å²) < 4.78 is 22.2. The molecule has 1 heterocycles. The molecule has 1 saturated heterocycles. The number of amides is 3. The van der Waals surface area contributed by atoms with Crippen molar-refractivity contribution in [2.45, 2.75) is 133 Å². The first-order valence-electron chi connectivity index (χ1n) is 16.2. The van der Waals surface area contributed by atoms with Crippen LogP contribution in [0.5, 0.6) is 0 Å². The Morgan fingerprint density at radius 1 is 0.870 bits per heavy atom. The van der Waals surface area contributed by atoms with E-state index in [1.54, 1.807) is 0 Å². The summed E-state index contributed by atoms with van der Waals surface area (Å²) in [5, 5.41) is 37.3. The fourth-order valence-electron chi connectivity index (χ4n) is 5.76. The summed E-state index contributed by atoms with van der Waals surface area (Å²) in [6.07, 6.45) is 5.40. The lowest BCUT2D eigenvalue weighted by molar-refractivity contribution is -0.269. The zero-order chi connectivity index (χ0) is 33.5. The molecule has 0 aromatic rings. The lowest BCUT2D eigenvalue weighted by atomic mass is 9.97. The molecule has 0 aromatic heterocycles. The summed E-state index contributed by atoms with van der Waals surface area (Å²) >= 11 is 0. The lowest BCUT2D eigenvalue weighted by Gasteiger charge is -2.42. The van der Waals surface area contributed by atoms with Crippen LogP contribution >= 0.6 is 0 Å². The molecule has 3 fully saturated rings. The number of rotatable bonds is 15. The molecule has 15 heteroatoms. The number of nitrogens with one attached hydrogen (secondary N) is 3. The largest absolute Gasteiger partial charge is 0.462 e. The summed E-state index contributed by atoms with van der Waals surface area (Å²) in [5.74, 6) is -2.95. The molecule has 46 heavy (non-hydrogen) atoms. The summed E-state index contributed by atoms with van der Waals surface area (Å²) in [4.78, 5) is 61.9. The number of aliphatic hydroxyl groups is 3. The van der Waals surface area contributed by atoms with Crippen LogP contribution in [0.25, 0.3) is 0 Å². The Balaban J connectivity index is 1.47. The van der Waals surface area contributed by atoms with Gasteiger partial charge in [-0.1, -0.05) is 12.8 Å². The van der Waals surface area contributed by atoms with Gasteiger partial charge in [0.25, 0.3) is 0 Å². The molecule has 0 aromatic carbocycles. The molecule has 6 N–H and O–H groups in total. The Hall–Kier alpha value is -3.11. The van der Waals surface area contributed by atoms with Gasteiger partial charge in [0.05, 0.1) is 13.2 Å². The summed E-state index contributed by atoms with van der Waals surface area (Å²) in [5.41, 5.74) is 0. The van der Waals surface area contributed by atoms with Crippen LogP contribution in [0.3, 0.4) is 0 Å². The minimum Gasteiger partial charge on any atom is -0.462 e. The standard InChI is InChI=1S/C31H49N3O12/c1-19(36)33-27-29(41)28(40)23(18-35)46-31(27)43-17-16-32-24(37)13-14-25(38)34-22(30(42)45-21-10-6-3-7-11-21)12-15-26(39)44-20-8-4-2-5-9-20/h13-14,20-23,27-29,31,35,40-41H,2-12,15-18H2,1H3,(H,32,37)(H,33,36)(H,34,38)/b14-13+/t22-,23+,27-,28+,29+,31+/m0/s1. The van der Waals surface area contributed by atoms with Crippen LogP contribution in [-0.4, -0.2) is 114 Å². The van der Waals surface area contributed by atoms with Crippen molar-refractivity contribution in [2.75, 3.05) is 19.8 Å². The molecule has 0 spiro atoms. The highest BCUT2D eigenvalue weighted by atomic mass is 16.7. The predicted molar refractivity (Wildman–Crippen MR) is 161 cm³/mol. The number of hydrogen-bond donors (Lipinski definition) is 6. The van der Waals surface area contributed by atoms with Crippen LogP contribution in [0.2, 0.25) is 0 Å². The number of carbonyl (C=O) groups is 5. The van der Waals surface area contributed by atoms with Gasteiger partial charge >= 0.3 is 11.9 Å². The number of hydrogen-bond acceptors (Lipinski definition) is 12. The number of aliphatic hydroxyl groups excluding tert-OH is 3. The van der Waals surface area contributed by atoms with Gasteiger partial charge in [-0.15, -0.1) is 0 Å². The highest BCUT2D eigenvalue weighted by molar-refractivity contribution is 5.98. The molecular weight excluding hydrogens is 606 g/mol. The fraction of sp³-hybridized carbons (Fsp3) is 0.774. The molecule has 2 aliphatic carbocycles. The Morgan fingerprint density at radius 2 is 1.48 bits per heavy atom. The van der Waals surface area contributed by atoms with E-state index in [4.69, 9.17) is 18.9 Å². The van der Waals surface area contributed by atoms with Crippen molar-refractivity contribution >= 4 is 29.7 Å². The average Bonchev–Trinajstić information content (AvgIpc) is 3.04. The van der Waals surface area contributed by atoms with E-state index in [9.17, 15) is 39.3 Å². The van der Waals surface area contributed by atoms with Gasteiger partial charge in [0.1, 0.15) is 42.6 Å². The van der Waals surface area contributed by atoms with E-state index in [-0.39, 0.29) is 38.2 Å². The highest BCUT2D eigenvalue weighted by Crippen LogP contribution is 2.24. The Bertz CT molecular complexity index is 1040. The zero-order valence-corrected chi connectivity index (χ0v) is 26.4. The summed E-state index contributed by atoms with van der Waals surface area (Å²) in [7, 11) is 0.